The zero-order valence-corrected chi connectivity index (χ0v) is 19.4. The zero-order chi connectivity index (χ0) is 20.9. The van der Waals surface area contributed by atoms with Crippen LogP contribution in [-0.4, -0.2) is 54.1 Å². The van der Waals surface area contributed by atoms with Crippen molar-refractivity contribution in [1.29, 1.82) is 0 Å². The standard InChI is InChI=1S/C22H38NO4P/c1-7-26-20(24)19-18-11-10-16(15-28(8-2)9-3)14-17(18)12-13-23(19)21(25)27-22(4,5)6/h15,17-19H,7-14H2,1-6H3. The molecule has 0 N–H and O–H groups in total. The first-order valence-electron chi connectivity index (χ1n) is 10.8. The van der Waals surface area contributed by atoms with Crippen LogP contribution < -0.4 is 0 Å². The quantitative estimate of drug-likeness (QED) is 0.450. The van der Waals surface area contributed by atoms with Crippen LogP contribution in [0.2, 0.25) is 0 Å². The van der Waals surface area contributed by atoms with Crippen molar-refractivity contribution in [2.24, 2.45) is 11.8 Å². The molecule has 0 aromatic heterocycles. The SMILES string of the molecule is CCOC(=O)C1C2CCC(=CP(CC)CC)CC2CCN1C(=O)OC(C)(C)C. The van der Waals surface area contributed by atoms with Gasteiger partial charge >= 0.3 is 12.1 Å². The van der Waals surface area contributed by atoms with Gasteiger partial charge in [0.2, 0.25) is 0 Å². The highest BCUT2D eigenvalue weighted by Gasteiger charge is 2.47. The van der Waals surface area contributed by atoms with E-state index < -0.39 is 17.7 Å². The minimum absolute atomic E-state index is 0.00597. The highest BCUT2D eigenvalue weighted by molar-refractivity contribution is 7.60. The first kappa shape index (κ1) is 23.2. The maximum atomic E-state index is 12.8. The Kier molecular flexibility index (Phi) is 8.36. The van der Waals surface area contributed by atoms with E-state index in [2.05, 4.69) is 19.7 Å². The fourth-order valence-electron chi connectivity index (χ4n) is 4.42. The summed E-state index contributed by atoms with van der Waals surface area (Å²) in [5.74, 6) is 2.86. The van der Waals surface area contributed by atoms with Gasteiger partial charge < -0.3 is 9.47 Å². The largest absolute Gasteiger partial charge is 0.464 e. The number of esters is 1. The third-order valence-corrected chi connectivity index (χ3v) is 8.10. The van der Waals surface area contributed by atoms with Gasteiger partial charge in [0.05, 0.1) is 6.61 Å². The second-order valence-electron chi connectivity index (χ2n) is 8.83. The van der Waals surface area contributed by atoms with Gasteiger partial charge in [0.1, 0.15) is 11.6 Å². The van der Waals surface area contributed by atoms with E-state index in [4.69, 9.17) is 9.47 Å². The molecule has 2 aliphatic rings. The molecule has 1 saturated heterocycles. The van der Waals surface area contributed by atoms with E-state index in [0.717, 1.165) is 25.7 Å². The molecule has 1 heterocycles. The van der Waals surface area contributed by atoms with Gasteiger partial charge in [0.25, 0.3) is 0 Å². The minimum Gasteiger partial charge on any atom is -0.464 e. The summed E-state index contributed by atoms with van der Waals surface area (Å²) in [6.45, 7) is 12.8. The molecule has 160 valence electrons. The van der Waals surface area contributed by atoms with Gasteiger partial charge in [0, 0.05) is 6.54 Å². The number of carbonyl (C=O) groups excluding carboxylic acids is 2. The number of likely N-dealkylation sites (tertiary alicyclic amines) is 1. The van der Waals surface area contributed by atoms with Crippen LogP contribution in [0, 0.1) is 11.8 Å². The lowest BCUT2D eigenvalue weighted by atomic mass is 9.69. The Labute approximate surface area is 172 Å². The number of rotatable bonds is 5. The molecule has 2 rings (SSSR count). The molecule has 0 radical (unpaired) electrons. The summed E-state index contributed by atoms with van der Waals surface area (Å²) < 4.78 is 11.0. The molecule has 5 nitrogen and oxygen atoms in total. The molecular formula is C22H38NO4P. The van der Waals surface area contributed by atoms with E-state index in [1.165, 1.54) is 12.3 Å². The van der Waals surface area contributed by atoms with Gasteiger partial charge in [-0.15, -0.1) is 0 Å². The fourth-order valence-corrected chi connectivity index (χ4v) is 5.98. The molecule has 3 atom stereocenters. The first-order chi connectivity index (χ1) is 13.2. The van der Waals surface area contributed by atoms with Crippen molar-refractivity contribution < 1.29 is 19.1 Å². The molecule has 1 aliphatic heterocycles. The van der Waals surface area contributed by atoms with Crippen molar-refractivity contribution in [3.05, 3.63) is 11.4 Å². The molecule has 28 heavy (non-hydrogen) atoms. The third kappa shape index (κ3) is 5.95. The zero-order valence-electron chi connectivity index (χ0n) is 18.5. The van der Waals surface area contributed by atoms with E-state index in [1.54, 1.807) is 10.5 Å². The van der Waals surface area contributed by atoms with Crippen LogP contribution in [0.5, 0.6) is 0 Å². The number of piperidine rings is 1. The van der Waals surface area contributed by atoms with E-state index in [9.17, 15) is 9.59 Å². The lowest BCUT2D eigenvalue weighted by Crippen LogP contribution is -2.57. The number of allylic oxidation sites excluding steroid dienone is 1. The summed E-state index contributed by atoms with van der Waals surface area (Å²) in [6.07, 6.45) is 6.02. The number of amides is 1. The normalized spacial score (nSPS) is 26.9. The van der Waals surface area contributed by atoms with Crippen molar-refractivity contribution in [2.45, 2.75) is 78.9 Å². The Morgan fingerprint density at radius 2 is 1.86 bits per heavy atom. The summed E-state index contributed by atoms with van der Waals surface area (Å²) in [5, 5.41) is 0. The Balaban J connectivity index is 2.19. The van der Waals surface area contributed by atoms with Gasteiger partial charge in [-0.25, -0.2) is 9.59 Å². The second kappa shape index (κ2) is 10.1. The predicted octanol–water partition coefficient (Wildman–Crippen LogP) is 5.38. The average Bonchev–Trinajstić information content (AvgIpc) is 2.63. The van der Waals surface area contributed by atoms with Crippen LogP contribution in [0.15, 0.2) is 11.4 Å². The van der Waals surface area contributed by atoms with Gasteiger partial charge in [-0.3, -0.25) is 4.90 Å². The fraction of sp³-hybridized carbons (Fsp3) is 0.818. The smallest absolute Gasteiger partial charge is 0.411 e. The molecule has 0 aromatic carbocycles. The summed E-state index contributed by atoms with van der Waals surface area (Å²) in [5.41, 5.74) is 0.983. The third-order valence-electron chi connectivity index (χ3n) is 5.74. The number of carbonyl (C=O) groups is 2. The molecule has 2 fully saturated rings. The summed E-state index contributed by atoms with van der Waals surface area (Å²) in [7, 11) is -0.00597. The van der Waals surface area contributed by atoms with Crippen LogP contribution >= 0.6 is 7.92 Å². The Morgan fingerprint density at radius 3 is 2.43 bits per heavy atom. The van der Waals surface area contributed by atoms with Crippen molar-refractivity contribution >= 4 is 20.0 Å². The molecule has 1 saturated carbocycles. The molecule has 1 aliphatic carbocycles. The number of hydrogen-bond donors (Lipinski definition) is 0. The topological polar surface area (TPSA) is 55.8 Å². The van der Waals surface area contributed by atoms with E-state index in [0.29, 0.717) is 19.1 Å². The molecule has 3 unspecified atom stereocenters. The minimum atomic E-state index is -0.576. The number of fused-ring (bicyclic) bond motifs is 1. The number of hydrogen-bond acceptors (Lipinski definition) is 4. The van der Waals surface area contributed by atoms with E-state index in [1.807, 2.05) is 27.7 Å². The second-order valence-corrected chi connectivity index (χ2v) is 11.5. The monoisotopic (exact) mass is 411 g/mol. The van der Waals surface area contributed by atoms with Crippen LogP contribution in [-0.2, 0) is 14.3 Å². The number of nitrogens with zero attached hydrogens (tertiary/aromatic N) is 1. The molecular weight excluding hydrogens is 373 g/mol. The van der Waals surface area contributed by atoms with E-state index in [-0.39, 0.29) is 19.8 Å². The van der Waals surface area contributed by atoms with Gasteiger partial charge in [0.15, 0.2) is 0 Å². The highest BCUT2D eigenvalue weighted by Crippen LogP contribution is 2.46. The van der Waals surface area contributed by atoms with Crippen molar-refractivity contribution in [2.75, 3.05) is 25.5 Å². The van der Waals surface area contributed by atoms with Crippen LogP contribution in [0.3, 0.4) is 0 Å². The van der Waals surface area contributed by atoms with Crippen LogP contribution in [0.25, 0.3) is 0 Å². The van der Waals surface area contributed by atoms with Crippen molar-refractivity contribution in [3.63, 3.8) is 0 Å². The molecule has 0 bridgehead atoms. The molecule has 0 spiro atoms. The highest BCUT2D eigenvalue weighted by atomic mass is 31.1. The molecule has 6 heteroatoms. The Morgan fingerprint density at radius 1 is 1.18 bits per heavy atom. The Bertz CT molecular complexity index is 580. The molecule has 1 amide bonds. The van der Waals surface area contributed by atoms with Gasteiger partial charge in [-0.05, 0) is 77.5 Å². The molecule has 0 aromatic rings. The van der Waals surface area contributed by atoms with Crippen molar-refractivity contribution in [1.82, 2.24) is 4.90 Å². The maximum absolute atomic E-state index is 12.8. The summed E-state index contributed by atoms with van der Waals surface area (Å²) >= 11 is 0. The van der Waals surface area contributed by atoms with Gasteiger partial charge in [-0.2, -0.15) is 0 Å². The van der Waals surface area contributed by atoms with Crippen molar-refractivity contribution in [3.8, 4) is 0 Å². The van der Waals surface area contributed by atoms with Gasteiger partial charge in [-0.1, -0.05) is 33.2 Å². The van der Waals surface area contributed by atoms with Crippen LogP contribution in [0.4, 0.5) is 4.79 Å². The first-order valence-corrected chi connectivity index (χ1v) is 12.6. The average molecular weight is 412 g/mol. The lowest BCUT2D eigenvalue weighted by molar-refractivity contribution is -0.155. The summed E-state index contributed by atoms with van der Waals surface area (Å²) in [4.78, 5) is 27.2. The number of ether oxygens (including phenoxy) is 2. The van der Waals surface area contributed by atoms with Crippen LogP contribution in [0.1, 0.15) is 67.2 Å². The summed E-state index contributed by atoms with van der Waals surface area (Å²) in [6, 6.07) is -0.519. The lowest BCUT2D eigenvalue weighted by Gasteiger charge is -2.46. The maximum Gasteiger partial charge on any atom is 0.411 e. The predicted molar refractivity (Wildman–Crippen MR) is 115 cm³/mol. The Hall–Kier alpha value is -1.09. The van der Waals surface area contributed by atoms with E-state index >= 15 is 0 Å².